The molecule has 2 nitrogen and oxygen atoms in total. The molecule has 2 atom stereocenters. The number of unbranched alkanes of at least 4 members (excludes halogenated alkanes) is 8. The standard InChI is InChI=1S/C33H47NO/c1-2-3-13-28-15-17-29(18-16-28)30-19-21-31(22-20-30)32-14-12-24-33(26-32,27-34)23-10-8-6-4-5-7-9-11-25-35/h15-22,32,35H,2-14,23-26H2,1H3. The molecule has 2 heteroatoms. The number of nitriles is 1. The van der Waals surface area contributed by atoms with Gasteiger partial charge in [-0.2, -0.15) is 5.26 Å². The lowest BCUT2D eigenvalue weighted by atomic mass is 9.66. The van der Waals surface area contributed by atoms with Crippen molar-refractivity contribution in [3.8, 4) is 17.2 Å². The molecule has 1 N–H and O–H groups in total. The zero-order valence-corrected chi connectivity index (χ0v) is 22.1. The van der Waals surface area contributed by atoms with Crippen LogP contribution in [0.4, 0.5) is 0 Å². The van der Waals surface area contributed by atoms with Crippen LogP contribution in [0.1, 0.15) is 120 Å². The monoisotopic (exact) mass is 473 g/mol. The van der Waals surface area contributed by atoms with Gasteiger partial charge in [0.2, 0.25) is 0 Å². The van der Waals surface area contributed by atoms with Crippen molar-refractivity contribution in [1.82, 2.24) is 0 Å². The van der Waals surface area contributed by atoms with E-state index in [0.29, 0.717) is 12.5 Å². The molecule has 0 aromatic heterocycles. The zero-order valence-electron chi connectivity index (χ0n) is 22.1. The van der Waals surface area contributed by atoms with Crippen LogP contribution in [-0.4, -0.2) is 11.7 Å². The maximum atomic E-state index is 10.1. The molecule has 0 bridgehead atoms. The van der Waals surface area contributed by atoms with Gasteiger partial charge in [-0.15, -0.1) is 0 Å². The topological polar surface area (TPSA) is 44.0 Å². The Morgan fingerprint density at radius 1 is 0.829 bits per heavy atom. The van der Waals surface area contributed by atoms with Crippen molar-refractivity contribution in [3.05, 3.63) is 59.7 Å². The molecule has 0 saturated heterocycles. The lowest BCUT2D eigenvalue weighted by Gasteiger charge is -2.36. The van der Waals surface area contributed by atoms with E-state index in [1.54, 1.807) is 0 Å². The first-order chi connectivity index (χ1) is 17.2. The molecular weight excluding hydrogens is 426 g/mol. The van der Waals surface area contributed by atoms with E-state index in [9.17, 15) is 5.26 Å². The molecule has 0 radical (unpaired) electrons. The van der Waals surface area contributed by atoms with E-state index >= 15 is 0 Å². The van der Waals surface area contributed by atoms with Gasteiger partial charge in [0, 0.05) is 6.61 Å². The minimum atomic E-state index is -0.128. The third-order valence-corrected chi connectivity index (χ3v) is 8.13. The van der Waals surface area contributed by atoms with Crippen molar-refractivity contribution < 1.29 is 5.11 Å². The molecule has 35 heavy (non-hydrogen) atoms. The Hall–Kier alpha value is -2.11. The largest absolute Gasteiger partial charge is 0.396 e. The van der Waals surface area contributed by atoms with Crippen LogP contribution in [0.2, 0.25) is 0 Å². The van der Waals surface area contributed by atoms with Crippen molar-refractivity contribution in [2.45, 2.75) is 116 Å². The molecule has 3 rings (SSSR count). The minimum Gasteiger partial charge on any atom is -0.396 e. The fourth-order valence-corrected chi connectivity index (χ4v) is 5.86. The van der Waals surface area contributed by atoms with Crippen LogP contribution in [0.5, 0.6) is 0 Å². The van der Waals surface area contributed by atoms with Gasteiger partial charge in [-0.3, -0.25) is 0 Å². The van der Waals surface area contributed by atoms with E-state index in [0.717, 1.165) is 32.1 Å². The van der Waals surface area contributed by atoms with E-state index in [1.165, 1.54) is 92.9 Å². The number of aryl methyl sites for hydroxylation is 1. The summed E-state index contributed by atoms with van der Waals surface area (Å²) >= 11 is 0. The Balaban J connectivity index is 1.48. The molecule has 2 unspecified atom stereocenters. The Labute approximate surface area is 214 Å². The smallest absolute Gasteiger partial charge is 0.0689 e. The van der Waals surface area contributed by atoms with Gasteiger partial charge in [0.25, 0.3) is 0 Å². The van der Waals surface area contributed by atoms with Crippen LogP contribution in [0.25, 0.3) is 11.1 Å². The average Bonchev–Trinajstić information content (AvgIpc) is 2.91. The van der Waals surface area contributed by atoms with Crippen molar-refractivity contribution in [3.63, 3.8) is 0 Å². The first-order valence-electron chi connectivity index (χ1n) is 14.4. The molecule has 2 aromatic rings. The third kappa shape index (κ3) is 8.80. The van der Waals surface area contributed by atoms with Crippen molar-refractivity contribution in [1.29, 1.82) is 5.26 Å². The predicted octanol–water partition coefficient (Wildman–Crippen LogP) is 9.37. The highest BCUT2D eigenvalue weighted by molar-refractivity contribution is 5.64. The van der Waals surface area contributed by atoms with E-state index < -0.39 is 0 Å². The van der Waals surface area contributed by atoms with Gasteiger partial charge < -0.3 is 5.11 Å². The third-order valence-electron chi connectivity index (χ3n) is 8.13. The summed E-state index contributed by atoms with van der Waals surface area (Å²) in [6.45, 7) is 2.57. The maximum Gasteiger partial charge on any atom is 0.0689 e. The van der Waals surface area contributed by atoms with Gasteiger partial charge in [0.15, 0.2) is 0 Å². The Morgan fingerprint density at radius 2 is 1.43 bits per heavy atom. The highest BCUT2D eigenvalue weighted by Crippen LogP contribution is 2.46. The first-order valence-corrected chi connectivity index (χ1v) is 14.4. The van der Waals surface area contributed by atoms with E-state index in [4.69, 9.17) is 5.11 Å². The van der Waals surface area contributed by atoms with Crippen LogP contribution >= 0.6 is 0 Å². The molecule has 0 aliphatic heterocycles. The molecule has 1 saturated carbocycles. The summed E-state index contributed by atoms with van der Waals surface area (Å²) in [6.07, 6.45) is 18.8. The van der Waals surface area contributed by atoms with E-state index in [2.05, 4.69) is 61.5 Å². The fraction of sp³-hybridized carbons (Fsp3) is 0.606. The van der Waals surface area contributed by atoms with Crippen LogP contribution in [-0.2, 0) is 6.42 Å². The van der Waals surface area contributed by atoms with Crippen molar-refractivity contribution in [2.75, 3.05) is 6.61 Å². The summed E-state index contributed by atoms with van der Waals surface area (Å²) < 4.78 is 0. The van der Waals surface area contributed by atoms with Crippen LogP contribution in [0, 0.1) is 16.7 Å². The summed E-state index contributed by atoms with van der Waals surface area (Å²) in [4.78, 5) is 0. The second-order valence-corrected chi connectivity index (χ2v) is 10.9. The lowest BCUT2D eigenvalue weighted by molar-refractivity contribution is 0.218. The number of aliphatic hydroxyl groups excluding tert-OH is 1. The molecular formula is C33H47NO. The maximum absolute atomic E-state index is 10.1. The number of hydrogen-bond acceptors (Lipinski definition) is 2. The Kier molecular flexibility index (Phi) is 11.9. The molecule has 1 aliphatic carbocycles. The summed E-state index contributed by atoms with van der Waals surface area (Å²) in [5, 5.41) is 19.0. The summed E-state index contributed by atoms with van der Waals surface area (Å²) in [7, 11) is 0. The van der Waals surface area contributed by atoms with Crippen molar-refractivity contribution in [2.24, 2.45) is 5.41 Å². The zero-order chi connectivity index (χ0) is 24.8. The van der Waals surface area contributed by atoms with Gasteiger partial charge in [-0.05, 0) is 73.1 Å². The lowest BCUT2D eigenvalue weighted by Crippen LogP contribution is -2.26. The highest BCUT2D eigenvalue weighted by Gasteiger charge is 2.36. The molecule has 1 aliphatic rings. The van der Waals surface area contributed by atoms with Crippen molar-refractivity contribution >= 4 is 0 Å². The minimum absolute atomic E-state index is 0.128. The van der Waals surface area contributed by atoms with Crippen LogP contribution < -0.4 is 0 Å². The molecule has 0 heterocycles. The highest BCUT2D eigenvalue weighted by atomic mass is 16.2. The van der Waals surface area contributed by atoms with Gasteiger partial charge in [0.05, 0.1) is 11.5 Å². The van der Waals surface area contributed by atoms with Gasteiger partial charge in [0.1, 0.15) is 0 Å². The van der Waals surface area contributed by atoms with Gasteiger partial charge in [-0.25, -0.2) is 0 Å². The number of benzene rings is 2. The van der Waals surface area contributed by atoms with Crippen LogP contribution in [0.15, 0.2) is 48.5 Å². The number of rotatable bonds is 15. The summed E-state index contributed by atoms with van der Waals surface area (Å²) in [6, 6.07) is 21.0. The Bertz CT molecular complexity index is 879. The predicted molar refractivity (Wildman–Crippen MR) is 148 cm³/mol. The van der Waals surface area contributed by atoms with E-state index in [-0.39, 0.29) is 5.41 Å². The SMILES string of the molecule is CCCCc1ccc(-c2ccc(C3CCCC(C#N)(CCCCCCCCCCO)C3)cc2)cc1. The summed E-state index contributed by atoms with van der Waals surface area (Å²) in [5.74, 6) is 0.514. The first kappa shape index (κ1) is 27.5. The second-order valence-electron chi connectivity index (χ2n) is 10.9. The molecule has 0 amide bonds. The number of aliphatic hydroxyl groups is 1. The van der Waals surface area contributed by atoms with Crippen LogP contribution in [0.3, 0.4) is 0 Å². The van der Waals surface area contributed by atoms with Gasteiger partial charge in [-0.1, -0.05) is 113 Å². The Morgan fingerprint density at radius 3 is 2.03 bits per heavy atom. The van der Waals surface area contributed by atoms with Gasteiger partial charge >= 0.3 is 0 Å². The number of nitrogens with zero attached hydrogens (tertiary/aromatic N) is 1. The molecule has 1 fully saturated rings. The fourth-order valence-electron chi connectivity index (χ4n) is 5.86. The summed E-state index contributed by atoms with van der Waals surface area (Å²) in [5.41, 5.74) is 5.29. The molecule has 190 valence electrons. The molecule has 0 spiro atoms. The van der Waals surface area contributed by atoms with E-state index in [1.807, 2.05) is 0 Å². The quantitative estimate of drug-likeness (QED) is 0.262. The number of hydrogen-bond donors (Lipinski definition) is 1. The average molecular weight is 474 g/mol. The molecule has 2 aromatic carbocycles. The second kappa shape index (κ2) is 15.1. The normalized spacial score (nSPS) is 20.0.